The predicted octanol–water partition coefficient (Wildman–Crippen LogP) is 3.75. The molecule has 0 aliphatic carbocycles. The molecule has 128 valence electrons. The van der Waals surface area contributed by atoms with Gasteiger partial charge in [-0.05, 0) is 50.1 Å². The third-order valence-corrected chi connectivity index (χ3v) is 6.13. The first-order valence-electron chi connectivity index (χ1n) is 8.03. The van der Waals surface area contributed by atoms with Gasteiger partial charge in [0.15, 0.2) is 0 Å². The lowest BCUT2D eigenvalue weighted by Crippen LogP contribution is -2.31. The summed E-state index contributed by atoms with van der Waals surface area (Å²) in [7, 11) is -3.67. The topological polar surface area (TPSA) is 46.6 Å². The minimum Gasteiger partial charge on any atom is -0.494 e. The summed E-state index contributed by atoms with van der Waals surface area (Å²) in [5.41, 5.74) is 0.435. The van der Waals surface area contributed by atoms with Crippen LogP contribution in [-0.2, 0) is 10.0 Å². The monoisotopic (exact) mass is 349 g/mol. The molecule has 0 aromatic heterocycles. The van der Waals surface area contributed by atoms with E-state index in [9.17, 15) is 12.8 Å². The molecule has 2 aromatic rings. The summed E-state index contributed by atoms with van der Waals surface area (Å²) in [5.74, 6) is 0.264. The van der Waals surface area contributed by atoms with Gasteiger partial charge in [-0.1, -0.05) is 18.2 Å². The van der Waals surface area contributed by atoms with Gasteiger partial charge >= 0.3 is 0 Å². The van der Waals surface area contributed by atoms with Gasteiger partial charge in [-0.15, -0.1) is 0 Å². The van der Waals surface area contributed by atoms with Crippen LogP contribution in [0.2, 0.25) is 0 Å². The second kappa shape index (κ2) is 6.91. The number of benzene rings is 2. The zero-order valence-electron chi connectivity index (χ0n) is 13.5. The number of hydrogen-bond acceptors (Lipinski definition) is 3. The van der Waals surface area contributed by atoms with Crippen molar-refractivity contribution in [1.29, 1.82) is 0 Å². The van der Waals surface area contributed by atoms with E-state index in [4.69, 9.17) is 4.74 Å². The van der Waals surface area contributed by atoms with E-state index in [-0.39, 0.29) is 10.7 Å². The van der Waals surface area contributed by atoms with Gasteiger partial charge in [0, 0.05) is 12.1 Å². The number of nitrogens with zero attached hydrogens (tertiary/aromatic N) is 1. The highest BCUT2D eigenvalue weighted by atomic mass is 32.2. The highest BCUT2D eigenvalue weighted by Crippen LogP contribution is 2.37. The molecule has 24 heavy (non-hydrogen) atoms. The van der Waals surface area contributed by atoms with E-state index in [2.05, 4.69) is 0 Å². The van der Waals surface area contributed by atoms with E-state index >= 15 is 0 Å². The normalized spacial score (nSPS) is 18.7. The Labute approximate surface area is 141 Å². The Morgan fingerprint density at radius 3 is 2.54 bits per heavy atom. The summed E-state index contributed by atoms with van der Waals surface area (Å²) in [6.07, 6.45) is 1.34. The maximum absolute atomic E-state index is 14.1. The number of halogens is 1. The minimum absolute atomic E-state index is 0.203. The molecule has 0 unspecified atom stereocenters. The van der Waals surface area contributed by atoms with Gasteiger partial charge in [0.2, 0.25) is 10.0 Å². The Kier molecular flexibility index (Phi) is 4.87. The molecular formula is C18H20FNO3S. The van der Waals surface area contributed by atoms with Crippen molar-refractivity contribution in [2.24, 2.45) is 0 Å². The van der Waals surface area contributed by atoms with Gasteiger partial charge in [0.1, 0.15) is 11.6 Å². The molecule has 1 fully saturated rings. The maximum atomic E-state index is 14.1. The summed E-state index contributed by atoms with van der Waals surface area (Å²) in [6.45, 7) is 2.79. The van der Waals surface area contributed by atoms with Crippen molar-refractivity contribution in [3.8, 4) is 5.75 Å². The molecule has 1 aliphatic heterocycles. The molecule has 1 saturated heterocycles. The Bertz CT molecular complexity index is 805. The molecular weight excluding hydrogens is 329 g/mol. The molecule has 0 spiro atoms. The molecule has 3 rings (SSSR count). The number of hydrogen-bond donors (Lipinski definition) is 0. The first kappa shape index (κ1) is 16.9. The number of sulfonamides is 1. The zero-order chi connectivity index (χ0) is 17.2. The van der Waals surface area contributed by atoms with Crippen LogP contribution in [-0.4, -0.2) is 25.9 Å². The van der Waals surface area contributed by atoms with Crippen LogP contribution in [0, 0.1) is 5.82 Å². The number of ether oxygens (including phenoxy) is 1. The summed E-state index contributed by atoms with van der Waals surface area (Å²) < 4.78 is 46.8. The lowest BCUT2D eigenvalue weighted by molar-refractivity contribution is 0.340. The predicted molar refractivity (Wildman–Crippen MR) is 89.9 cm³/mol. The van der Waals surface area contributed by atoms with Crippen LogP contribution in [0.3, 0.4) is 0 Å². The second-order valence-electron chi connectivity index (χ2n) is 5.70. The van der Waals surface area contributed by atoms with Crippen LogP contribution >= 0.6 is 0 Å². The quantitative estimate of drug-likeness (QED) is 0.826. The molecule has 0 radical (unpaired) electrons. The fourth-order valence-electron chi connectivity index (χ4n) is 3.09. The summed E-state index contributed by atoms with van der Waals surface area (Å²) in [6, 6.07) is 12.3. The lowest BCUT2D eigenvalue weighted by atomic mass is 10.1. The van der Waals surface area contributed by atoms with Crippen LogP contribution in [0.1, 0.15) is 31.4 Å². The molecule has 0 N–H and O–H groups in total. The van der Waals surface area contributed by atoms with Crippen molar-refractivity contribution < 1.29 is 17.5 Å². The minimum atomic E-state index is -3.67. The summed E-state index contributed by atoms with van der Waals surface area (Å²) in [4.78, 5) is 0.203. The van der Waals surface area contributed by atoms with Crippen molar-refractivity contribution in [2.75, 3.05) is 13.2 Å². The van der Waals surface area contributed by atoms with E-state index in [1.807, 2.05) is 6.92 Å². The molecule has 6 heteroatoms. The Balaban J connectivity index is 1.92. The Hall–Kier alpha value is -1.92. The molecule has 2 aromatic carbocycles. The van der Waals surface area contributed by atoms with Crippen molar-refractivity contribution in [3.05, 3.63) is 59.9 Å². The van der Waals surface area contributed by atoms with Crippen LogP contribution in [0.5, 0.6) is 5.75 Å². The van der Waals surface area contributed by atoms with Crippen LogP contribution in [0.25, 0.3) is 0 Å². The first-order valence-corrected chi connectivity index (χ1v) is 9.47. The van der Waals surface area contributed by atoms with Gasteiger partial charge in [0.05, 0.1) is 17.5 Å². The Morgan fingerprint density at radius 1 is 1.17 bits per heavy atom. The molecule has 0 saturated carbocycles. The van der Waals surface area contributed by atoms with Crippen molar-refractivity contribution in [2.45, 2.75) is 30.7 Å². The van der Waals surface area contributed by atoms with E-state index in [1.54, 1.807) is 30.3 Å². The molecule has 0 bridgehead atoms. The van der Waals surface area contributed by atoms with Gasteiger partial charge < -0.3 is 4.74 Å². The Morgan fingerprint density at radius 2 is 1.88 bits per heavy atom. The van der Waals surface area contributed by atoms with E-state index in [0.717, 1.165) is 6.42 Å². The third-order valence-electron chi connectivity index (χ3n) is 4.21. The molecule has 1 heterocycles. The maximum Gasteiger partial charge on any atom is 0.243 e. The van der Waals surface area contributed by atoms with Gasteiger partial charge in [-0.25, -0.2) is 12.8 Å². The van der Waals surface area contributed by atoms with E-state index in [0.29, 0.717) is 30.9 Å². The highest BCUT2D eigenvalue weighted by Gasteiger charge is 2.37. The zero-order valence-corrected chi connectivity index (χ0v) is 14.3. The van der Waals surface area contributed by atoms with Crippen molar-refractivity contribution in [1.82, 2.24) is 4.31 Å². The highest BCUT2D eigenvalue weighted by molar-refractivity contribution is 7.89. The summed E-state index contributed by atoms with van der Waals surface area (Å²) in [5, 5.41) is 0. The standard InChI is InChI=1S/C18H20FNO3S/c1-2-23-14-9-11-15(12-10-14)24(21,22)20-13-5-8-18(20)16-6-3-4-7-17(16)19/h3-4,6-7,9-12,18H,2,5,8,13H2,1H3/t18-/m1/s1. The second-order valence-corrected chi connectivity index (χ2v) is 7.59. The van der Waals surface area contributed by atoms with E-state index < -0.39 is 16.1 Å². The van der Waals surface area contributed by atoms with Gasteiger partial charge in [-0.2, -0.15) is 4.31 Å². The van der Waals surface area contributed by atoms with Gasteiger partial charge in [-0.3, -0.25) is 0 Å². The average molecular weight is 349 g/mol. The van der Waals surface area contributed by atoms with Crippen molar-refractivity contribution >= 4 is 10.0 Å². The molecule has 0 amide bonds. The van der Waals surface area contributed by atoms with Gasteiger partial charge in [0.25, 0.3) is 0 Å². The third kappa shape index (κ3) is 3.16. The van der Waals surface area contributed by atoms with Crippen LogP contribution in [0.4, 0.5) is 4.39 Å². The molecule has 1 aliphatic rings. The van der Waals surface area contributed by atoms with Crippen LogP contribution < -0.4 is 4.74 Å². The average Bonchev–Trinajstić information content (AvgIpc) is 3.06. The number of rotatable bonds is 5. The molecule has 1 atom stereocenters. The first-order chi connectivity index (χ1) is 11.5. The van der Waals surface area contributed by atoms with Crippen LogP contribution in [0.15, 0.2) is 53.4 Å². The summed E-state index contributed by atoms with van der Waals surface area (Å²) >= 11 is 0. The smallest absolute Gasteiger partial charge is 0.243 e. The fraction of sp³-hybridized carbons (Fsp3) is 0.333. The van der Waals surface area contributed by atoms with E-state index in [1.165, 1.54) is 22.5 Å². The molecule has 4 nitrogen and oxygen atoms in total. The fourth-order valence-corrected chi connectivity index (χ4v) is 4.77. The van der Waals surface area contributed by atoms with Crippen molar-refractivity contribution in [3.63, 3.8) is 0 Å². The lowest BCUT2D eigenvalue weighted by Gasteiger charge is -2.24. The largest absolute Gasteiger partial charge is 0.494 e. The SMILES string of the molecule is CCOc1ccc(S(=O)(=O)N2CCC[C@@H]2c2ccccc2F)cc1.